The molecule has 1 aliphatic rings. The Morgan fingerprint density at radius 2 is 2.11 bits per heavy atom. The Balaban J connectivity index is 2.38. The number of hydrogen-bond donors (Lipinski definition) is 1. The van der Waals surface area contributed by atoms with Crippen LogP contribution in [0, 0.1) is 0 Å². The van der Waals surface area contributed by atoms with Gasteiger partial charge in [0, 0.05) is 18.7 Å². The summed E-state index contributed by atoms with van der Waals surface area (Å²) in [5.74, 6) is -0.330. The van der Waals surface area contributed by atoms with E-state index in [0.717, 1.165) is 24.0 Å². The van der Waals surface area contributed by atoms with E-state index in [-0.39, 0.29) is 17.9 Å². The summed E-state index contributed by atoms with van der Waals surface area (Å²) in [7, 11) is 3.47. The number of imide groups is 1. The second kappa shape index (κ2) is 5.53. The molecule has 4 heteroatoms. The predicted molar refractivity (Wildman–Crippen MR) is 74.0 cm³/mol. The molecule has 0 aromatic heterocycles. The number of nitrogens with zero attached hydrogens (tertiary/aromatic N) is 1. The smallest absolute Gasteiger partial charge is 0.260 e. The monoisotopic (exact) mass is 260 g/mol. The minimum atomic E-state index is -0.195. The van der Waals surface area contributed by atoms with Crippen LogP contribution in [0.5, 0.6) is 0 Å². The highest BCUT2D eigenvalue weighted by molar-refractivity contribution is 6.09. The van der Waals surface area contributed by atoms with Crippen molar-refractivity contribution in [2.45, 2.75) is 32.2 Å². The minimum Gasteiger partial charge on any atom is -0.313 e. The molecule has 1 aromatic rings. The minimum absolute atomic E-state index is 0.135. The number of rotatable bonds is 4. The van der Waals surface area contributed by atoms with E-state index in [0.29, 0.717) is 12.0 Å². The Hall–Kier alpha value is -1.68. The van der Waals surface area contributed by atoms with E-state index in [1.54, 1.807) is 7.05 Å². The van der Waals surface area contributed by atoms with Crippen LogP contribution < -0.4 is 5.32 Å². The number of benzene rings is 1. The van der Waals surface area contributed by atoms with Crippen molar-refractivity contribution < 1.29 is 9.59 Å². The van der Waals surface area contributed by atoms with Crippen LogP contribution in [0.15, 0.2) is 18.2 Å². The second-order valence-corrected chi connectivity index (χ2v) is 4.98. The van der Waals surface area contributed by atoms with Crippen molar-refractivity contribution in [1.82, 2.24) is 10.2 Å². The van der Waals surface area contributed by atoms with Gasteiger partial charge in [0.2, 0.25) is 5.91 Å². The van der Waals surface area contributed by atoms with E-state index in [1.807, 2.05) is 25.2 Å². The topological polar surface area (TPSA) is 49.4 Å². The van der Waals surface area contributed by atoms with Gasteiger partial charge in [0.1, 0.15) is 0 Å². The lowest BCUT2D eigenvalue weighted by atomic mass is 9.93. The standard InChI is InChI=1S/C15H20N2O2/c1-4-5-13(16-2)11-7-6-10-9-14(18)17(3)15(19)12(10)8-11/h6-8,13,16H,4-5,9H2,1-3H3. The number of hydrogen-bond acceptors (Lipinski definition) is 3. The third-order valence-electron chi connectivity index (χ3n) is 3.71. The van der Waals surface area contributed by atoms with E-state index in [1.165, 1.54) is 4.90 Å². The van der Waals surface area contributed by atoms with Crippen LogP contribution in [0.25, 0.3) is 0 Å². The van der Waals surface area contributed by atoms with Crippen LogP contribution in [-0.4, -0.2) is 30.8 Å². The zero-order valence-corrected chi connectivity index (χ0v) is 11.7. The highest BCUT2D eigenvalue weighted by atomic mass is 16.2. The number of likely N-dealkylation sites (N-methyl/N-ethyl adjacent to an activating group) is 1. The summed E-state index contributed by atoms with van der Waals surface area (Å²) in [6, 6.07) is 6.11. The number of carbonyl (C=O) groups excluding carboxylic acids is 2. The maximum atomic E-state index is 12.1. The summed E-state index contributed by atoms with van der Waals surface area (Å²) < 4.78 is 0. The van der Waals surface area contributed by atoms with Crippen molar-refractivity contribution in [2.75, 3.05) is 14.1 Å². The van der Waals surface area contributed by atoms with Crippen molar-refractivity contribution in [1.29, 1.82) is 0 Å². The van der Waals surface area contributed by atoms with Crippen LogP contribution in [0.4, 0.5) is 0 Å². The molecule has 1 aromatic carbocycles. The van der Waals surface area contributed by atoms with Gasteiger partial charge in [-0.05, 0) is 30.7 Å². The molecule has 0 aliphatic carbocycles. The van der Waals surface area contributed by atoms with Crippen LogP contribution in [-0.2, 0) is 11.2 Å². The first kappa shape index (κ1) is 13.7. The molecule has 0 fully saturated rings. The molecule has 1 heterocycles. The molecule has 1 unspecified atom stereocenters. The maximum Gasteiger partial charge on any atom is 0.260 e. The maximum absolute atomic E-state index is 12.1. The average molecular weight is 260 g/mol. The zero-order chi connectivity index (χ0) is 14.0. The first-order valence-electron chi connectivity index (χ1n) is 6.69. The fourth-order valence-corrected chi connectivity index (χ4v) is 2.51. The van der Waals surface area contributed by atoms with Gasteiger partial charge in [0.15, 0.2) is 0 Å². The van der Waals surface area contributed by atoms with Gasteiger partial charge >= 0.3 is 0 Å². The molecule has 2 rings (SSSR count). The lowest BCUT2D eigenvalue weighted by Crippen LogP contribution is -2.39. The molecular formula is C15H20N2O2. The quantitative estimate of drug-likeness (QED) is 0.841. The van der Waals surface area contributed by atoms with E-state index in [2.05, 4.69) is 12.2 Å². The van der Waals surface area contributed by atoms with Gasteiger partial charge in [0.05, 0.1) is 6.42 Å². The summed E-state index contributed by atoms with van der Waals surface area (Å²) in [5.41, 5.74) is 2.61. The fraction of sp³-hybridized carbons (Fsp3) is 0.467. The van der Waals surface area contributed by atoms with Crippen LogP contribution in [0.2, 0.25) is 0 Å². The molecule has 0 bridgehead atoms. The molecule has 2 amide bonds. The van der Waals surface area contributed by atoms with Crippen LogP contribution in [0.3, 0.4) is 0 Å². The summed E-state index contributed by atoms with van der Waals surface area (Å²) in [4.78, 5) is 25.0. The van der Waals surface area contributed by atoms with Crippen LogP contribution in [0.1, 0.15) is 47.3 Å². The molecule has 0 saturated heterocycles. The fourth-order valence-electron chi connectivity index (χ4n) is 2.51. The lowest BCUT2D eigenvalue weighted by Gasteiger charge is -2.25. The molecule has 1 aliphatic heterocycles. The van der Waals surface area contributed by atoms with Crippen molar-refractivity contribution in [2.24, 2.45) is 0 Å². The van der Waals surface area contributed by atoms with E-state index < -0.39 is 0 Å². The van der Waals surface area contributed by atoms with Gasteiger partial charge < -0.3 is 5.32 Å². The summed E-state index contributed by atoms with van der Waals surface area (Å²) in [6.45, 7) is 2.14. The van der Waals surface area contributed by atoms with Crippen molar-refractivity contribution in [3.8, 4) is 0 Å². The first-order chi connectivity index (χ1) is 9.08. The van der Waals surface area contributed by atoms with Gasteiger partial charge in [0.25, 0.3) is 5.91 Å². The third-order valence-corrected chi connectivity index (χ3v) is 3.71. The van der Waals surface area contributed by atoms with Gasteiger partial charge in [-0.25, -0.2) is 0 Å². The highest BCUT2D eigenvalue weighted by Crippen LogP contribution is 2.25. The second-order valence-electron chi connectivity index (χ2n) is 4.98. The molecule has 0 saturated carbocycles. The average Bonchev–Trinajstić information content (AvgIpc) is 2.42. The molecule has 4 nitrogen and oxygen atoms in total. The van der Waals surface area contributed by atoms with Gasteiger partial charge in [-0.2, -0.15) is 0 Å². The number of amides is 2. The predicted octanol–water partition coefficient (Wildman–Crippen LogP) is 1.90. The lowest BCUT2D eigenvalue weighted by molar-refractivity contribution is -0.127. The number of nitrogens with one attached hydrogen (secondary N) is 1. The van der Waals surface area contributed by atoms with Crippen molar-refractivity contribution >= 4 is 11.8 Å². The number of fused-ring (bicyclic) bond motifs is 1. The molecule has 1 atom stereocenters. The van der Waals surface area contributed by atoms with E-state index in [9.17, 15) is 9.59 Å². The Bertz CT molecular complexity index is 511. The first-order valence-corrected chi connectivity index (χ1v) is 6.69. The Morgan fingerprint density at radius 3 is 2.74 bits per heavy atom. The van der Waals surface area contributed by atoms with E-state index >= 15 is 0 Å². The molecule has 19 heavy (non-hydrogen) atoms. The van der Waals surface area contributed by atoms with Gasteiger partial charge in [-0.3, -0.25) is 14.5 Å². The normalized spacial score (nSPS) is 16.5. The van der Waals surface area contributed by atoms with Crippen LogP contribution >= 0.6 is 0 Å². The van der Waals surface area contributed by atoms with Crippen molar-refractivity contribution in [3.63, 3.8) is 0 Å². The SMILES string of the molecule is CCCC(NC)c1ccc2c(c1)C(=O)N(C)C(=O)C2. The third kappa shape index (κ3) is 2.54. The Morgan fingerprint density at radius 1 is 1.37 bits per heavy atom. The Labute approximate surface area is 113 Å². The van der Waals surface area contributed by atoms with Crippen molar-refractivity contribution in [3.05, 3.63) is 34.9 Å². The molecule has 0 radical (unpaired) electrons. The largest absolute Gasteiger partial charge is 0.313 e. The molecular weight excluding hydrogens is 240 g/mol. The van der Waals surface area contributed by atoms with Gasteiger partial charge in [-0.15, -0.1) is 0 Å². The summed E-state index contributed by atoms with van der Waals surface area (Å²) >= 11 is 0. The Kier molecular flexibility index (Phi) is 4.00. The summed E-state index contributed by atoms with van der Waals surface area (Å²) in [5, 5.41) is 3.27. The summed E-state index contributed by atoms with van der Waals surface area (Å²) in [6.07, 6.45) is 2.42. The molecule has 1 N–H and O–H groups in total. The van der Waals surface area contributed by atoms with Gasteiger partial charge in [-0.1, -0.05) is 25.5 Å². The highest BCUT2D eigenvalue weighted by Gasteiger charge is 2.28. The number of carbonyl (C=O) groups is 2. The molecule has 102 valence electrons. The van der Waals surface area contributed by atoms with E-state index in [4.69, 9.17) is 0 Å². The zero-order valence-electron chi connectivity index (χ0n) is 11.7. The molecule has 0 spiro atoms.